The summed E-state index contributed by atoms with van der Waals surface area (Å²) >= 11 is 0. The van der Waals surface area contributed by atoms with Crippen LogP contribution in [0, 0.1) is 0 Å². The third-order valence-electron chi connectivity index (χ3n) is 2.74. The third-order valence-corrected chi connectivity index (χ3v) is 2.74. The second-order valence-electron chi connectivity index (χ2n) is 3.73. The molecule has 0 bridgehead atoms. The summed E-state index contributed by atoms with van der Waals surface area (Å²) in [4.78, 5) is 11.2. The first-order valence-corrected chi connectivity index (χ1v) is 4.72. The average molecular weight is 195 g/mol. The molecule has 4 nitrogen and oxygen atoms in total. The van der Waals surface area contributed by atoms with E-state index >= 15 is 0 Å². The maximum Gasteiger partial charge on any atom is 0.324 e. The molecule has 0 unspecified atom stereocenters. The van der Waals surface area contributed by atoms with Crippen LogP contribution in [0.15, 0.2) is 23.0 Å². The summed E-state index contributed by atoms with van der Waals surface area (Å²) in [5.74, 6) is -0.767. The van der Waals surface area contributed by atoms with E-state index in [2.05, 4.69) is 5.32 Å². The lowest BCUT2D eigenvalue weighted by Gasteiger charge is -2.23. The van der Waals surface area contributed by atoms with Gasteiger partial charge in [-0.2, -0.15) is 0 Å². The van der Waals surface area contributed by atoms with Gasteiger partial charge in [0.15, 0.2) is 0 Å². The number of hydrogen-bond acceptors (Lipinski definition) is 3. The van der Waals surface area contributed by atoms with Crippen molar-refractivity contribution in [1.82, 2.24) is 5.32 Å². The Hall–Kier alpha value is -1.29. The number of rotatable bonds is 3. The number of carboxylic acids is 1. The zero-order valence-corrected chi connectivity index (χ0v) is 7.82. The Balaban J connectivity index is 2.16. The molecule has 2 N–H and O–H groups in total. The van der Waals surface area contributed by atoms with Gasteiger partial charge in [0.1, 0.15) is 5.54 Å². The Bertz CT molecular complexity index is 312. The molecular weight excluding hydrogens is 182 g/mol. The first-order valence-electron chi connectivity index (χ1n) is 4.72. The predicted molar refractivity (Wildman–Crippen MR) is 50.0 cm³/mol. The van der Waals surface area contributed by atoms with Crippen LogP contribution < -0.4 is 5.32 Å². The van der Waals surface area contributed by atoms with Crippen molar-refractivity contribution >= 4 is 5.97 Å². The first kappa shape index (κ1) is 9.27. The molecule has 1 fully saturated rings. The van der Waals surface area contributed by atoms with Crippen molar-refractivity contribution < 1.29 is 14.3 Å². The fourth-order valence-electron chi connectivity index (χ4n) is 1.96. The third kappa shape index (κ3) is 1.53. The summed E-state index contributed by atoms with van der Waals surface area (Å²) in [5.41, 5.74) is 0.158. The summed E-state index contributed by atoms with van der Waals surface area (Å²) < 4.78 is 4.93. The molecule has 1 aromatic rings. The minimum absolute atomic E-state index is 0.499. The highest BCUT2D eigenvalue weighted by Gasteiger charge is 2.41. The van der Waals surface area contributed by atoms with Gasteiger partial charge in [0, 0.05) is 6.42 Å². The fourth-order valence-corrected chi connectivity index (χ4v) is 1.96. The summed E-state index contributed by atoms with van der Waals surface area (Å²) in [5, 5.41) is 12.2. The van der Waals surface area contributed by atoms with E-state index in [1.807, 2.05) is 6.07 Å². The SMILES string of the molecule is O=C(O)[C@]1(Cc2ccoc2)CCCN1. The number of hydrogen-bond donors (Lipinski definition) is 2. The van der Waals surface area contributed by atoms with Crippen molar-refractivity contribution in [2.45, 2.75) is 24.8 Å². The summed E-state index contributed by atoms with van der Waals surface area (Å²) in [6, 6.07) is 1.81. The van der Waals surface area contributed by atoms with Crippen molar-refractivity contribution in [2.75, 3.05) is 6.54 Å². The molecule has 2 heterocycles. The van der Waals surface area contributed by atoms with Gasteiger partial charge in [-0.25, -0.2) is 0 Å². The Morgan fingerprint density at radius 3 is 3.07 bits per heavy atom. The smallest absolute Gasteiger partial charge is 0.324 e. The molecule has 0 amide bonds. The van der Waals surface area contributed by atoms with Crippen LogP contribution in [0.5, 0.6) is 0 Å². The summed E-state index contributed by atoms with van der Waals surface area (Å²) in [6.45, 7) is 0.782. The monoisotopic (exact) mass is 195 g/mol. The average Bonchev–Trinajstić information content (AvgIpc) is 2.76. The second kappa shape index (κ2) is 3.46. The van der Waals surface area contributed by atoms with Gasteiger partial charge in [0.25, 0.3) is 0 Å². The minimum Gasteiger partial charge on any atom is -0.480 e. The van der Waals surface area contributed by atoms with Crippen molar-refractivity contribution in [3.8, 4) is 0 Å². The quantitative estimate of drug-likeness (QED) is 0.756. The minimum atomic E-state index is -0.774. The molecule has 1 aromatic heterocycles. The van der Waals surface area contributed by atoms with E-state index in [0.29, 0.717) is 12.8 Å². The molecular formula is C10H13NO3. The van der Waals surface area contributed by atoms with E-state index in [0.717, 1.165) is 18.5 Å². The van der Waals surface area contributed by atoms with Gasteiger partial charge in [0.2, 0.25) is 0 Å². The maximum atomic E-state index is 11.2. The number of aliphatic carboxylic acids is 1. The van der Waals surface area contributed by atoms with E-state index in [4.69, 9.17) is 9.52 Å². The molecule has 0 aromatic carbocycles. The van der Waals surface area contributed by atoms with E-state index < -0.39 is 11.5 Å². The lowest BCUT2D eigenvalue weighted by Crippen LogP contribution is -2.49. The highest BCUT2D eigenvalue weighted by atomic mass is 16.4. The maximum absolute atomic E-state index is 11.2. The van der Waals surface area contributed by atoms with E-state index in [9.17, 15) is 4.79 Å². The van der Waals surface area contributed by atoms with Gasteiger partial charge in [-0.1, -0.05) is 0 Å². The lowest BCUT2D eigenvalue weighted by molar-refractivity contribution is -0.144. The standard InChI is InChI=1S/C10H13NO3/c12-9(13)10(3-1-4-11-10)6-8-2-5-14-7-8/h2,5,7,11H,1,3-4,6H2,(H,12,13)/t10-/m1/s1. The van der Waals surface area contributed by atoms with Crippen LogP contribution in [0.4, 0.5) is 0 Å². The number of carboxylic acid groups (broad SMARTS) is 1. The molecule has 1 aliphatic rings. The highest BCUT2D eigenvalue weighted by molar-refractivity contribution is 5.79. The molecule has 0 aliphatic carbocycles. The van der Waals surface area contributed by atoms with Gasteiger partial charge in [-0.05, 0) is 31.0 Å². The normalized spacial score (nSPS) is 26.6. The van der Waals surface area contributed by atoms with Crippen LogP contribution >= 0.6 is 0 Å². The molecule has 76 valence electrons. The largest absolute Gasteiger partial charge is 0.480 e. The number of carbonyl (C=O) groups is 1. The predicted octanol–water partition coefficient (Wildman–Crippen LogP) is 1.03. The van der Waals surface area contributed by atoms with Gasteiger partial charge >= 0.3 is 5.97 Å². The summed E-state index contributed by atoms with van der Waals surface area (Å²) in [7, 11) is 0. The van der Waals surface area contributed by atoms with Gasteiger partial charge in [-0.15, -0.1) is 0 Å². The van der Waals surface area contributed by atoms with Crippen LogP contribution in [0.3, 0.4) is 0 Å². The molecule has 2 rings (SSSR count). The highest BCUT2D eigenvalue weighted by Crippen LogP contribution is 2.24. The van der Waals surface area contributed by atoms with E-state index in [1.165, 1.54) is 0 Å². The zero-order chi connectivity index (χ0) is 10.0. The first-order chi connectivity index (χ1) is 6.73. The fraction of sp³-hybridized carbons (Fsp3) is 0.500. The van der Waals surface area contributed by atoms with Crippen molar-refractivity contribution in [3.63, 3.8) is 0 Å². The molecule has 14 heavy (non-hydrogen) atoms. The van der Waals surface area contributed by atoms with Gasteiger partial charge < -0.3 is 14.8 Å². The Labute approximate surface area is 81.9 Å². The van der Waals surface area contributed by atoms with Crippen molar-refractivity contribution in [2.24, 2.45) is 0 Å². The van der Waals surface area contributed by atoms with Crippen LogP contribution in [0.1, 0.15) is 18.4 Å². The molecule has 0 saturated carbocycles. The van der Waals surface area contributed by atoms with E-state index in [-0.39, 0.29) is 0 Å². The van der Waals surface area contributed by atoms with Crippen LogP contribution in [0.2, 0.25) is 0 Å². The molecule has 1 aliphatic heterocycles. The lowest BCUT2D eigenvalue weighted by atomic mass is 9.90. The molecule has 0 radical (unpaired) electrons. The number of furan rings is 1. The molecule has 0 spiro atoms. The Morgan fingerprint density at radius 1 is 1.71 bits per heavy atom. The molecule has 1 saturated heterocycles. The Kier molecular flexibility index (Phi) is 2.29. The summed E-state index contributed by atoms with van der Waals surface area (Å²) in [6.07, 6.45) is 5.28. The van der Waals surface area contributed by atoms with Crippen molar-refractivity contribution in [1.29, 1.82) is 0 Å². The van der Waals surface area contributed by atoms with Crippen LogP contribution in [0.25, 0.3) is 0 Å². The second-order valence-corrected chi connectivity index (χ2v) is 3.73. The van der Waals surface area contributed by atoms with E-state index in [1.54, 1.807) is 12.5 Å². The van der Waals surface area contributed by atoms with Gasteiger partial charge in [0.05, 0.1) is 12.5 Å². The topological polar surface area (TPSA) is 62.5 Å². The Morgan fingerprint density at radius 2 is 2.57 bits per heavy atom. The number of nitrogens with one attached hydrogen (secondary N) is 1. The molecule has 1 atom stereocenters. The van der Waals surface area contributed by atoms with Crippen LogP contribution in [-0.2, 0) is 11.2 Å². The van der Waals surface area contributed by atoms with Crippen LogP contribution in [-0.4, -0.2) is 23.2 Å². The zero-order valence-electron chi connectivity index (χ0n) is 7.82. The molecule has 4 heteroatoms. The van der Waals surface area contributed by atoms with Gasteiger partial charge in [-0.3, -0.25) is 4.79 Å². The van der Waals surface area contributed by atoms with Crippen molar-refractivity contribution in [3.05, 3.63) is 24.2 Å².